The molecule has 0 fully saturated rings. The van der Waals surface area contributed by atoms with Crippen molar-refractivity contribution < 1.29 is 5.11 Å². The molecule has 0 aliphatic rings. The number of aliphatic hydroxyl groups excluding tert-OH is 1. The Kier molecular flexibility index (Phi) is 8.18. The molecule has 1 unspecified atom stereocenters. The normalized spacial score (nSPS) is 16.1. The van der Waals surface area contributed by atoms with Gasteiger partial charge in [-0.3, -0.25) is 4.90 Å². The highest BCUT2D eigenvalue weighted by atomic mass is 16.3. The topological polar surface area (TPSA) is 35.5 Å². The third-order valence-electron chi connectivity index (χ3n) is 3.60. The summed E-state index contributed by atoms with van der Waals surface area (Å²) < 4.78 is 0. The summed E-state index contributed by atoms with van der Waals surface area (Å²) in [6.45, 7) is 18.8. The molecule has 1 atom stereocenters. The maximum Gasteiger partial charge on any atom is 0.0558 e. The quantitative estimate of drug-likeness (QED) is 0.677. The van der Waals surface area contributed by atoms with Crippen LogP contribution in [0.15, 0.2) is 0 Å². The summed E-state index contributed by atoms with van der Waals surface area (Å²) in [5, 5.41) is 12.9. The summed E-state index contributed by atoms with van der Waals surface area (Å²) in [6.07, 6.45) is 2.41. The first-order valence-corrected chi connectivity index (χ1v) is 7.73. The van der Waals surface area contributed by atoms with Crippen molar-refractivity contribution in [2.24, 2.45) is 5.41 Å². The maximum atomic E-state index is 9.21. The highest BCUT2D eigenvalue weighted by molar-refractivity contribution is 4.85. The van der Waals surface area contributed by atoms with Crippen molar-refractivity contribution in [3.8, 4) is 0 Å². The fraction of sp³-hybridized carbons (Fsp3) is 1.00. The average molecular weight is 272 g/mol. The van der Waals surface area contributed by atoms with Crippen LogP contribution in [0.1, 0.15) is 61.3 Å². The summed E-state index contributed by atoms with van der Waals surface area (Å²) >= 11 is 0. The molecule has 3 heteroatoms. The predicted molar refractivity (Wildman–Crippen MR) is 84.6 cm³/mol. The van der Waals surface area contributed by atoms with Gasteiger partial charge >= 0.3 is 0 Å². The van der Waals surface area contributed by atoms with E-state index >= 15 is 0 Å². The monoisotopic (exact) mass is 272 g/mol. The van der Waals surface area contributed by atoms with Gasteiger partial charge in [-0.1, -0.05) is 20.3 Å². The van der Waals surface area contributed by atoms with E-state index in [0.717, 1.165) is 19.6 Å². The third kappa shape index (κ3) is 8.61. The van der Waals surface area contributed by atoms with Crippen LogP contribution in [0.5, 0.6) is 0 Å². The van der Waals surface area contributed by atoms with Gasteiger partial charge in [0.15, 0.2) is 0 Å². The number of nitrogens with zero attached hydrogens (tertiary/aromatic N) is 1. The first-order valence-electron chi connectivity index (χ1n) is 7.73. The molecule has 0 rings (SSSR count). The molecule has 0 aliphatic carbocycles. The van der Waals surface area contributed by atoms with Crippen LogP contribution in [0.2, 0.25) is 0 Å². The Hall–Kier alpha value is -0.120. The van der Waals surface area contributed by atoms with E-state index in [-0.39, 0.29) is 17.6 Å². The maximum absolute atomic E-state index is 9.21. The number of hydrogen-bond donors (Lipinski definition) is 2. The standard InChI is InChI=1S/C16H36N2O/c1-8-9-16(7,12-17-15(4,5)6)13-18(10-11-19)14(2)3/h14,17,19H,8-13H2,1-7H3. The fourth-order valence-electron chi connectivity index (χ4n) is 2.44. The molecule has 0 saturated carbocycles. The van der Waals surface area contributed by atoms with Crippen LogP contribution in [0.3, 0.4) is 0 Å². The van der Waals surface area contributed by atoms with Gasteiger partial charge in [0.05, 0.1) is 6.61 Å². The first kappa shape index (κ1) is 18.9. The van der Waals surface area contributed by atoms with E-state index in [4.69, 9.17) is 0 Å². The van der Waals surface area contributed by atoms with E-state index < -0.39 is 0 Å². The van der Waals surface area contributed by atoms with E-state index in [2.05, 4.69) is 58.7 Å². The molecule has 3 nitrogen and oxygen atoms in total. The van der Waals surface area contributed by atoms with E-state index in [0.29, 0.717) is 6.04 Å². The van der Waals surface area contributed by atoms with Gasteiger partial charge in [0.2, 0.25) is 0 Å². The molecule has 0 radical (unpaired) electrons. The molecule has 0 aromatic heterocycles. The zero-order valence-electron chi connectivity index (χ0n) is 14.2. The summed E-state index contributed by atoms with van der Waals surface area (Å²) in [4.78, 5) is 2.39. The van der Waals surface area contributed by atoms with Gasteiger partial charge in [-0.2, -0.15) is 0 Å². The fourth-order valence-corrected chi connectivity index (χ4v) is 2.44. The number of rotatable bonds is 9. The zero-order valence-corrected chi connectivity index (χ0v) is 14.2. The minimum atomic E-state index is 0.161. The van der Waals surface area contributed by atoms with Crippen LogP contribution in [0.25, 0.3) is 0 Å². The molecule has 19 heavy (non-hydrogen) atoms. The molecule has 0 aromatic rings. The van der Waals surface area contributed by atoms with Crippen LogP contribution in [-0.2, 0) is 0 Å². The van der Waals surface area contributed by atoms with Crippen LogP contribution < -0.4 is 5.32 Å². The Morgan fingerprint density at radius 3 is 2.11 bits per heavy atom. The van der Waals surface area contributed by atoms with Gasteiger partial charge in [0.1, 0.15) is 0 Å². The summed E-state index contributed by atoms with van der Waals surface area (Å²) in [5.74, 6) is 0. The van der Waals surface area contributed by atoms with E-state index in [1.165, 1.54) is 12.8 Å². The van der Waals surface area contributed by atoms with E-state index in [1.807, 2.05) is 0 Å². The second-order valence-corrected chi connectivity index (χ2v) is 7.45. The summed E-state index contributed by atoms with van der Waals surface area (Å²) in [7, 11) is 0. The van der Waals surface area contributed by atoms with Gasteiger partial charge in [-0.05, 0) is 46.5 Å². The largest absolute Gasteiger partial charge is 0.395 e. The Morgan fingerprint density at radius 1 is 1.16 bits per heavy atom. The van der Waals surface area contributed by atoms with Gasteiger partial charge in [-0.15, -0.1) is 0 Å². The van der Waals surface area contributed by atoms with E-state index in [9.17, 15) is 5.11 Å². The zero-order chi connectivity index (χ0) is 15.1. The lowest BCUT2D eigenvalue weighted by molar-refractivity contribution is 0.0962. The molecule has 0 aliphatic heterocycles. The van der Waals surface area contributed by atoms with Gasteiger partial charge in [0, 0.05) is 31.2 Å². The highest BCUT2D eigenvalue weighted by Gasteiger charge is 2.28. The molecule has 0 aromatic carbocycles. The summed E-state index contributed by atoms with van der Waals surface area (Å²) in [5.41, 5.74) is 0.427. The molecule has 0 bridgehead atoms. The van der Waals surface area contributed by atoms with Crippen molar-refractivity contribution in [1.29, 1.82) is 0 Å². The molecule has 0 amide bonds. The molecule has 0 saturated heterocycles. The second kappa shape index (κ2) is 8.23. The smallest absolute Gasteiger partial charge is 0.0558 e. The van der Waals surface area contributed by atoms with Crippen molar-refractivity contribution in [1.82, 2.24) is 10.2 Å². The lowest BCUT2D eigenvalue weighted by Crippen LogP contribution is -2.49. The molecule has 0 spiro atoms. The van der Waals surface area contributed by atoms with Gasteiger partial charge < -0.3 is 10.4 Å². The molecular formula is C16H36N2O. The van der Waals surface area contributed by atoms with Crippen LogP contribution in [-0.4, -0.2) is 47.8 Å². The van der Waals surface area contributed by atoms with Crippen LogP contribution >= 0.6 is 0 Å². The third-order valence-corrected chi connectivity index (χ3v) is 3.60. The van der Waals surface area contributed by atoms with Crippen LogP contribution in [0.4, 0.5) is 0 Å². The molecular weight excluding hydrogens is 236 g/mol. The van der Waals surface area contributed by atoms with Crippen molar-refractivity contribution in [2.45, 2.75) is 72.9 Å². The lowest BCUT2D eigenvalue weighted by Gasteiger charge is -2.39. The van der Waals surface area contributed by atoms with E-state index in [1.54, 1.807) is 0 Å². The molecule has 0 heterocycles. The second-order valence-electron chi connectivity index (χ2n) is 7.45. The Labute approximate surface area is 120 Å². The minimum absolute atomic E-state index is 0.161. The van der Waals surface area contributed by atoms with Gasteiger partial charge in [-0.25, -0.2) is 0 Å². The number of aliphatic hydroxyl groups is 1. The average Bonchev–Trinajstić information content (AvgIpc) is 2.25. The first-order chi connectivity index (χ1) is 8.63. The summed E-state index contributed by atoms with van der Waals surface area (Å²) in [6, 6.07) is 0.484. The molecule has 2 N–H and O–H groups in total. The Morgan fingerprint density at radius 2 is 1.74 bits per heavy atom. The highest BCUT2D eigenvalue weighted by Crippen LogP contribution is 2.25. The van der Waals surface area contributed by atoms with Crippen molar-refractivity contribution in [3.05, 3.63) is 0 Å². The number of nitrogens with one attached hydrogen (secondary N) is 1. The number of hydrogen-bond acceptors (Lipinski definition) is 3. The van der Waals surface area contributed by atoms with Crippen molar-refractivity contribution in [3.63, 3.8) is 0 Å². The molecule has 116 valence electrons. The predicted octanol–water partition coefficient (Wildman–Crippen LogP) is 2.88. The Bertz CT molecular complexity index is 235. The van der Waals surface area contributed by atoms with Crippen LogP contribution in [0, 0.1) is 5.41 Å². The minimum Gasteiger partial charge on any atom is -0.395 e. The van der Waals surface area contributed by atoms with Crippen molar-refractivity contribution >= 4 is 0 Å². The SMILES string of the molecule is CCCC(C)(CNC(C)(C)C)CN(CCO)C(C)C. The lowest BCUT2D eigenvalue weighted by atomic mass is 9.83. The Balaban J connectivity index is 4.66. The van der Waals surface area contributed by atoms with Gasteiger partial charge in [0.25, 0.3) is 0 Å². The van der Waals surface area contributed by atoms with Crippen molar-refractivity contribution in [2.75, 3.05) is 26.2 Å².